The first-order chi connectivity index (χ1) is 14.3. The number of benzene rings is 2. The fourth-order valence-corrected chi connectivity index (χ4v) is 2.53. The zero-order chi connectivity index (χ0) is 22.1. The Hall–Kier alpha value is -3.30. The van der Waals surface area contributed by atoms with E-state index in [9.17, 15) is 25.1 Å². The van der Waals surface area contributed by atoms with Crippen LogP contribution in [0.15, 0.2) is 42.5 Å². The fourth-order valence-electron chi connectivity index (χ4n) is 2.30. The summed E-state index contributed by atoms with van der Waals surface area (Å²) < 4.78 is 15.3. The van der Waals surface area contributed by atoms with Crippen molar-refractivity contribution >= 4 is 29.3 Å². The maximum absolute atomic E-state index is 11.8. The molecule has 0 bridgehead atoms. The highest BCUT2D eigenvalue weighted by Crippen LogP contribution is 2.29. The second-order valence-corrected chi connectivity index (χ2v) is 6.46. The maximum atomic E-state index is 11.8. The predicted octanol–water partition coefficient (Wildman–Crippen LogP) is 3.35. The maximum Gasteiger partial charge on any atom is 0.330 e. The van der Waals surface area contributed by atoms with Gasteiger partial charge in [-0.15, -0.1) is 0 Å². The van der Waals surface area contributed by atoms with E-state index in [1.54, 1.807) is 12.1 Å². The Morgan fingerprint density at radius 2 is 2.03 bits per heavy atom. The van der Waals surface area contributed by atoms with Gasteiger partial charge in [0.15, 0.2) is 11.5 Å². The number of rotatable bonds is 10. The molecule has 0 aromatic heterocycles. The van der Waals surface area contributed by atoms with E-state index in [1.807, 2.05) is 0 Å². The molecule has 0 heterocycles. The fraction of sp³-hybridized carbons (Fsp3) is 0.250. The zero-order valence-corrected chi connectivity index (χ0v) is 16.7. The molecular formula is C20H20ClNO8. The molecule has 10 heteroatoms. The van der Waals surface area contributed by atoms with Crippen molar-refractivity contribution in [3.8, 4) is 17.2 Å². The topological polar surface area (TPSA) is 128 Å². The Morgan fingerprint density at radius 1 is 1.27 bits per heavy atom. The molecule has 0 saturated carbocycles. The van der Waals surface area contributed by atoms with Gasteiger partial charge in [-0.3, -0.25) is 10.1 Å². The highest BCUT2D eigenvalue weighted by Gasteiger charge is 2.12. The Bertz CT molecular complexity index is 931. The third-order valence-corrected chi connectivity index (χ3v) is 4.16. The average molecular weight is 438 g/mol. The van der Waals surface area contributed by atoms with Gasteiger partial charge in [0.05, 0.1) is 29.8 Å². The lowest BCUT2D eigenvalue weighted by molar-refractivity contribution is -0.384. The highest BCUT2D eigenvalue weighted by molar-refractivity contribution is 6.32. The number of ether oxygens (including phenoxy) is 3. The van der Waals surface area contributed by atoms with Gasteiger partial charge in [-0.25, -0.2) is 4.79 Å². The van der Waals surface area contributed by atoms with Crippen molar-refractivity contribution in [3.63, 3.8) is 0 Å². The van der Waals surface area contributed by atoms with Crippen LogP contribution in [0, 0.1) is 10.1 Å². The number of aromatic hydroxyl groups is 1. The molecule has 2 N–H and O–H groups in total. The van der Waals surface area contributed by atoms with E-state index in [2.05, 4.69) is 0 Å². The lowest BCUT2D eigenvalue weighted by Gasteiger charge is -2.12. The first-order valence-corrected chi connectivity index (χ1v) is 9.14. The summed E-state index contributed by atoms with van der Waals surface area (Å²) in [5.74, 6) is -0.147. The number of methoxy groups -OCH3 is 1. The van der Waals surface area contributed by atoms with Crippen LogP contribution in [0.25, 0.3) is 6.08 Å². The first kappa shape index (κ1) is 23.0. The summed E-state index contributed by atoms with van der Waals surface area (Å²) >= 11 is 5.91. The minimum absolute atomic E-state index is 0.0161. The molecular weight excluding hydrogens is 418 g/mol. The molecule has 0 aliphatic heterocycles. The summed E-state index contributed by atoms with van der Waals surface area (Å²) in [6.07, 6.45) is 1.86. The van der Waals surface area contributed by atoms with Gasteiger partial charge < -0.3 is 24.4 Å². The van der Waals surface area contributed by atoms with Crippen LogP contribution in [0.3, 0.4) is 0 Å². The molecule has 160 valence electrons. The number of hydrogen-bond acceptors (Lipinski definition) is 8. The summed E-state index contributed by atoms with van der Waals surface area (Å²) in [6, 6.07) is 8.38. The molecule has 1 atom stereocenters. The second-order valence-electron chi connectivity index (χ2n) is 6.06. The van der Waals surface area contributed by atoms with Crippen LogP contribution in [0.1, 0.15) is 12.0 Å². The van der Waals surface area contributed by atoms with Gasteiger partial charge >= 0.3 is 5.97 Å². The van der Waals surface area contributed by atoms with Crippen LogP contribution in [0.4, 0.5) is 5.69 Å². The molecule has 0 aliphatic carbocycles. The highest BCUT2D eigenvalue weighted by atomic mass is 35.5. The number of phenolic OH excluding ortho intramolecular Hbond substituents is 1. The quantitative estimate of drug-likeness (QED) is 0.250. The van der Waals surface area contributed by atoms with Crippen LogP contribution in [0.5, 0.6) is 17.2 Å². The number of phenols is 1. The Balaban J connectivity index is 1.74. The Kier molecular flexibility index (Phi) is 8.45. The van der Waals surface area contributed by atoms with Crippen molar-refractivity contribution in [3.05, 3.63) is 63.2 Å². The third kappa shape index (κ3) is 6.94. The molecule has 30 heavy (non-hydrogen) atoms. The summed E-state index contributed by atoms with van der Waals surface area (Å²) in [5, 5.41) is 30.2. The summed E-state index contributed by atoms with van der Waals surface area (Å²) in [7, 11) is 1.41. The van der Waals surface area contributed by atoms with Crippen molar-refractivity contribution in [2.24, 2.45) is 0 Å². The summed E-state index contributed by atoms with van der Waals surface area (Å²) in [6.45, 7) is -0.168. The Labute approximate surface area is 177 Å². The van der Waals surface area contributed by atoms with Crippen LogP contribution in [0.2, 0.25) is 5.02 Å². The van der Waals surface area contributed by atoms with Crippen molar-refractivity contribution in [2.45, 2.75) is 12.5 Å². The molecule has 2 aromatic carbocycles. The standard InChI is InChI=1S/C20H20ClNO8/c1-28-19-10-13(2-5-17(19)24)3-7-20(25)30-12-15(23)8-9-29-18-6-4-14(22(26)27)11-16(18)21/h2-7,10-11,15,23-24H,8-9,12H2,1H3/b7-3+/t15-/m0/s1. The third-order valence-electron chi connectivity index (χ3n) is 3.87. The number of aliphatic hydroxyl groups is 1. The van der Waals surface area contributed by atoms with E-state index >= 15 is 0 Å². The number of nitro benzene ring substituents is 1. The summed E-state index contributed by atoms with van der Waals surface area (Å²) in [4.78, 5) is 21.9. The number of aliphatic hydroxyl groups excluding tert-OH is 1. The lowest BCUT2D eigenvalue weighted by Crippen LogP contribution is -2.20. The van der Waals surface area contributed by atoms with Crippen molar-refractivity contribution in [2.75, 3.05) is 20.3 Å². The van der Waals surface area contributed by atoms with E-state index in [-0.39, 0.29) is 47.6 Å². The van der Waals surface area contributed by atoms with Gasteiger partial charge in [-0.2, -0.15) is 0 Å². The number of non-ortho nitro benzene ring substituents is 1. The molecule has 0 saturated heterocycles. The molecule has 0 amide bonds. The Morgan fingerprint density at radius 3 is 2.70 bits per heavy atom. The molecule has 0 aliphatic rings. The smallest absolute Gasteiger partial charge is 0.330 e. The van der Waals surface area contributed by atoms with Crippen LogP contribution < -0.4 is 9.47 Å². The largest absolute Gasteiger partial charge is 0.504 e. The molecule has 9 nitrogen and oxygen atoms in total. The molecule has 2 rings (SSSR count). The zero-order valence-electron chi connectivity index (χ0n) is 16.0. The predicted molar refractivity (Wildman–Crippen MR) is 109 cm³/mol. The normalized spacial score (nSPS) is 11.8. The number of hydrogen-bond donors (Lipinski definition) is 2. The van der Waals surface area contributed by atoms with Crippen LogP contribution in [-0.2, 0) is 9.53 Å². The lowest BCUT2D eigenvalue weighted by atomic mass is 10.2. The second kappa shape index (κ2) is 11.0. The van der Waals surface area contributed by atoms with Gasteiger partial charge in [0, 0.05) is 24.6 Å². The molecule has 2 aromatic rings. The van der Waals surface area contributed by atoms with E-state index in [4.69, 9.17) is 25.8 Å². The minimum Gasteiger partial charge on any atom is -0.504 e. The van der Waals surface area contributed by atoms with Crippen LogP contribution >= 0.6 is 11.6 Å². The van der Waals surface area contributed by atoms with Gasteiger partial charge in [0.25, 0.3) is 5.69 Å². The van der Waals surface area contributed by atoms with Crippen molar-refractivity contribution < 1.29 is 34.1 Å². The molecule has 0 unspecified atom stereocenters. The van der Waals surface area contributed by atoms with Gasteiger partial charge in [-0.05, 0) is 29.8 Å². The number of carbonyl (C=O) groups is 1. The van der Waals surface area contributed by atoms with Gasteiger partial charge in [0.1, 0.15) is 12.4 Å². The van der Waals surface area contributed by atoms with E-state index in [0.29, 0.717) is 5.56 Å². The molecule has 0 radical (unpaired) electrons. The SMILES string of the molecule is COc1cc(/C=C/C(=O)OC[C@@H](O)CCOc2ccc([N+](=O)[O-])cc2Cl)ccc1O. The van der Waals surface area contributed by atoms with Gasteiger partial charge in [0.2, 0.25) is 0 Å². The van der Waals surface area contributed by atoms with E-state index in [1.165, 1.54) is 43.5 Å². The first-order valence-electron chi connectivity index (χ1n) is 8.76. The van der Waals surface area contributed by atoms with E-state index < -0.39 is 17.0 Å². The number of esters is 1. The monoisotopic (exact) mass is 437 g/mol. The van der Waals surface area contributed by atoms with Crippen molar-refractivity contribution in [1.29, 1.82) is 0 Å². The number of nitro groups is 1. The number of carbonyl (C=O) groups excluding carboxylic acids is 1. The molecule has 0 spiro atoms. The average Bonchev–Trinajstić information content (AvgIpc) is 2.72. The summed E-state index contributed by atoms with van der Waals surface area (Å²) in [5.41, 5.74) is 0.466. The number of nitrogens with zero attached hydrogens (tertiary/aromatic N) is 1. The molecule has 0 fully saturated rings. The number of halogens is 1. The minimum atomic E-state index is -0.965. The van der Waals surface area contributed by atoms with E-state index in [0.717, 1.165) is 0 Å². The van der Waals surface area contributed by atoms with Crippen molar-refractivity contribution in [1.82, 2.24) is 0 Å². The van der Waals surface area contributed by atoms with Crippen LogP contribution in [-0.4, -0.2) is 47.5 Å². The van der Waals surface area contributed by atoms with Gasteiger partial charge in [-0.1, -0.05) is 17.7 Å².